The highest BCUT2D eigenvalue weighted by atomic mass is 16.2. The molecule has 2 saturated heterocycles. The van der Waals surface area contributed by atoms with Crippen LogP contribution in [0.1, 0.15) is 48.5 Å². The van der Waals surface area contributed by atoms with Gasteiger partial charge in [-0.3, -0.25) is 14.4 Å². The van der Waals surface area contributed by atoms with Crippen LogP contribution >= 0.6 is 0 Å². The van der Waals surface area contributed by atoms with Crippen molar-refractivity contribution in [3.05, 3.63) is 29.3 Å². The van der Waals surface area contributed by atoms with Gasteiger partial charge in [-0.15, -0.1) is 0 Å². The summed E-state index contributed by atoms with van der Waals surface area (Å²) in [4.78, 5) is 44.4. The SMILES string of the molecule is Cc1ccc2c(c1)C(=O)N1CCCC1C(=O)N2CC(=O)N1CCCC(C)C1. The first-order chi connectivity index (χ1) is 13.0. The predicted octanol–water partition coefficient (Wildman–Crippen LogP) is 2.20. The number of likely N-dealkylation sites (tertiary alicyclic amines) is 1. The molecular formula is C21H27N3O3. The van der Waals surface area contributed by atoms with E-state index in [9.17, 15) is 14.4 Å². The summed E-state index contributed by atoms with van der Waals surface area (Å²) in [6, 6.07) is 5.11. The smallest absolute Gasteiger partial charge is 0.256 e. The summed E-state index contributed by atoms with van der Waals surface area (Å²) in [5, 5.41) is 0. The number of hydrogen-bond acceptors (Lipinski definition) is 3. The monoisotopic (exact) mass is 369 g/mol. The predicted molar refractivity (Wildman–Crippen MR) is 103 cm³/mol. The largest absolute Gasteiger partial charge is 0.341 e. The standard InChI is InChI=1S/C21H27N3O3/c1-14-7-8-17-16(11-14)20(26)23-10-4-6-18(23)21(27)24(17)13-19(25)22-9-3-5-15(2)12-22/h7-8,11,15,18H,3-6,9-10,12-13H2,1-2H3. The second-order valence-electron chi connectivity index (χ2n) is 8.19. The van der Waals surface area contributed by atoms with Gasteiger partial charge in [-0.05, 0) is 50.7 Å². The second-order valence-corrected chi connectivity index (χ2v) is 8.19. The molecule has 4 rings (SSSR count). The van der Waals surface area contributed by atoms with E-state index in [0.29, 0.717) is 30.1 Å². The molecule has 27 heavy (non-hydrogen) atoms. The zero-order valence-electron chi connectivity index (χ0n) is 16.1. The quantitative estimate of drug-likeness (QED) is 0.803. The molecule has 2 atom stereocenters. The Morgan fingerprint density at radius 2 is 1.93 bits per heavy atom. The number of anilines is 1. The van der Waals surface area contributed by atoms with Crippen LogP contribution < -0.4 is 4.90 Å². The Labute approximate surface area is 160 Å². The van der Waals surface area contributed by atoms with Gasteiger partial charge in [0.2, 0.25) is 11.8 Å². The van der Waals surface area contributed by atoms with Gasteiger partial charge in [-0.1, -0.05) is 18.6 Å². The minimum Gasteiger partial charge on any atom is -0.341 e. The lowest BCUT2D eigenvalue weighted by Gasteiger charge is -2.33. The van der Waals surface area contributed by atoms with E-state index in [4.69, 9.17) is 0 Å². The van der Waals surface area contributed by atoms with Crippen LogP contribution in [0.4, 0.5) is 5.69 Å². The van der Waals surface area contributed by atoms with Crippen molar-refractivity contribution in [3.63, 3.8) is 0 Å². The molecule has 3 aliphatic heterocycles. The first-order valence-electron chi connectivity index (χ1n) is 9.96. The molecule has 3 aliphatic rings. The van der Waals surface area contributed by atoms with E-state index < -0.39 is 6.04 Å². The van der Waals surface area contributed by atoms with Crippen molar-refractivity contribution in [3.8, 4) is 0 Å². The Bertz CT molecular complexity index is 791. The van der Waals surface area contributed by atoms with Gasteiger partial charge in [-0.2, -0.15) is 0 Å². The molecule has 0 aliphatic carbocycles. The molecule has 2 fully saturated rings. The van der Waals surface area contributed by atoms with Gasteiger partial charge >= 0.3 is 0 Å². The maximum absolute atomic E-state index is 13.3. The molecule has 1 aromatic carbocycles. The first-order valence-corrected chi connectivity index (χ1v) is 9.96. The number of fused-ring (bicyclic) bond motifs is 2. The lowest BCUT2D eigenvalue weighted by Crippen LogP contribution is -2.50. The zero-order valence-corrected chi connectivity index (χ0v) is 16.1. The van der Waals surface area contributed by atoms with Crippen molar-refractivity contribution in [1.29, 1.82) is 0 Å². The van der Waals surface area contributed by atoms with Gasteiger partial charge in [-0.25, -0.2) is 0 Å². The number of hydrogen-bond donors (Lipinski definition) is 0. The van der Waals surface area contributed by atoms with Crippen LogP contribution in [-0.4, -0.2) is 59.7 Å². The van der Waals surface area contributed by atoms with E-state index in [0.717, 1.165) is 37.9 Å². The van der Waals surface area contributed by atoms with Gasteiger partial charge in [0.15, 0.2) is 0 Å². The summed E-state index contributed by atoms with van der Waals surface area (Å²) in [6.07, 6.45) is 3.64. The van der Waals surface area contributed by atoms with E-state index in [1.54, 1.807) is 9.80 Å². The van der Waals surface area contributed by atoms with Crippen molar-refractivity contribution in [2.75, 3.05) is 31.1 Å². The van der Waals surface area contributed by atoms with E-state index in [1.165, 1.54) is 0 Å². The first kappa shape index (κ1) is 18.0. The lowest BCUT2D eigenvalue weighted by atomic mass is 10.0. The summed E-state index contributed by atoms with van der Waals surface area (Å²) < 4.78 is 0. The number of aryl methyl sites for hydroxylation is 1. The average Bonchev–Trinajstić information content (AvgIpc) is 3.12. The molecule has 0 bridgehead atoms. The fraction of sp³-hybridized carbons (Fsp3) is 0.571. The molecule has 144 valence electrons. The molecule has 3 heterocycles. The van der Waals surface area contributed by atoms with E-state index in [2.05, 4.69) is 6.92 Å². The number of nitrogens with zero attached hydrogens (tertiary/aromatic N) is 3. The van der Waals surface area contributed by atoms with Crippen LogP contribution in [0, 0.1) is 12.8 Å². The molecule has 6 nitrogen and oxygen atoms in total. The van der Waals surface area contributed by atoms with Crippen molar-refractivity contribution in [1.82, 2.24) is 9.80 Å². The van der Waals surface area contributed by atoms with E-state index >= 15 is 0 Å². The number of carbonyl (C=O) groups excluding carboxylic acids is 3. The van der Waals surface area contributed by atoms with Crippen molar-refractivity contribution >= 4 is 23.4 Å². The van der Waals surface area contributed by atoms with Crippen molar-refractivity contribution in [2.24, 2.45) is 5.92 Å². The van der Waals surface area contributed by atoms with Crippen LogP contribution in [0.15, 0.2) is 18.2 Å². The molecule has 0 radical (unpaired) electrons. The molecule has 0 N–H and O–H groups in total. The Morgan fingerprint density at radius 1 is 1.15 bits per heavy atom. The Morgan fingerprint density at radius 3 is 2.70 bits per heavy atom. The second kappa shape index (κ2) is 6.98. The van der Waals surface area contributed by atoms with Crippen LogP contribution in [0.2, 0.25) is 0 Å². The van der Waals surface area contributed by atoms with Crippen LogP contribution in [0.5, 0.6) is 0 Å². The number of benzene rings is 1. The van der Waals surface area contributed by atoms with Gasteiger partial charge in [0.05, 0.1) is 11.3 Å². The molecule has 2 unspecified atom stereocenters. The van der Waals surface area contributed by atoms with Gasteiger partial charge < -0.3 is 14.7 Å². The van der Waals surface area contributed by atoms with Gasteiger partial charge in [0, 0.05) is 19.6 Å². The summed E-state index contributed by atoms with van der Waals surface area (Å²) in [5.74, 6) is 0.248. The molecule has 0 saturated carbocycles. The molecule has 1 aromatic rings. The molecular weight excluding hydrogens is 342 g/mol. The van der Waals surface area contributed by atoms with Crippen LogP contribution in [-0.2, 0) is 9.59 Å². The summed E-state index contributed by atoms with van der Waals surface area (Å²) in [7, 11) is 0. The maximum atomic E-state index is 13.3. The fourth-order valence-corrected chi connectivity index (χ4v) is 4.59. The summed E-state index contributed by atoms with van der Waals surface area (Å²) >= 11 is 0. The number of carbonyl (C=O) groups is 3. The van der Waals surface area contributed by atoms with Crippen molar-refractivity contribution in [2.45, 2.75) is 45.6 Å². The van der Waals surface area contributed by atoms with Crippen LogP contribution in [0.3, 0.4) is 0 Å². The highest BCUT2D eigenvalue weighted by Crippen LogP contribution is 2.33. The maximum Gasteiger partial charge on any atom is 0.256 e. The lowest BCUT2D eigenvalue weighted by molar-refractivity contribution is -0.133. The van der Waals surface area contributed by atoms with Crippen molar-refractivity contribution < 1.29 is 14.4 Å². The normalized spacial score (nSPS) is 25.3. The number of piperidine rings is 1. The zero-order chi connectivity index (χ0) is 19.1. The highest BCUT2D eigenvalue weighted by Gasteiger charge is 2.42. The van der Waals surface area contributed by atoms with Gasteiger partial charge in [0.1, 0.15) is 12.6 Å². The molecule has 0 spiro atoms. The Balaban J connectivity index is 1.67. The van der Waals surface area contributed by atoms with Gasteiger partial charge in [0.25, 0.3) is 5.91 Å². The Kier molecular flexibility index (Phi) is 4.66. The van der Waals surface area contributed by atoms with E-state index in [1.807, 2.05) is 30.0 Å². The van der Waals surface area contributed by atoms with E-state index in [-0.39, 0.29) is 24.3 Å². The molecule has 3 amide bonds. The minimum atomic E-state index is -0.446. The molecule has 6 heteroatoms. The molecule has 0 aromatic heterocycles. The minimum absolute atomic E-state index is 0.0131. The summed E-state index contributed by atoms with van der Waals surface area (Å²) in [6.45, 7) is 6.21. The average molecular weight is 369 g/mol. The van der Waals surface area contributed by atoms with Crippen LogP contribution in [0.25, 0.3) is 0 Å². The third-order valence-electron chi connectivity index (χ3n) is 6.04. The third kappa shape index (κ3) is 3.22. The fourth-order valence-electron chi connectivity index (χ4n) is 4.59. The highest BCUT2D eigenvalue weighted by molar-refractivity contribution is 6.12. The summed E-state index contributed by atoms with van der Waals surface area (Å²) in [5.41, 5.74) is 2.08. The number of amides is 3. The Hall–Kier alpha value is -2.37. The number of rotatable bonds is 2. The third-order valence-corrected chi connectivity index (χ3v) is 6.04. The topological polar surface area (TPSA) is 60.9 Å².